The van der Waals surface area contributed by atoms with E-state index in [2.05, 4.69) is 20.6 Å². The van der Waals surface area contributed by atoms with E-state index in [1.165, 1.54) is 0 Å². The quantitative estimate of drug-likeness (QED) is 0.760. The van der Waals surface area contributed by atoms with Crippen LogP contribution in [0.5, 0.6) is 0 Å². The Hall–Kier alpha value is -1.80. The van der Waals surface area contributed by atoms with Gasteiger partial charge in [-0.3, -0.25) is 0 Å². The molecule has 0 aliphatic rings. The molecule has 0 radical (unpaired) electrons. The molecule has 2 aromatic rings. The summed E-state index contributed by atoms with van der Waals surface area (Å²) in [6.45, 7) is 0. The van der Waals surface area contributed by atoms with Gasteiger partial charge in [0.15, 0.2) is 0 Å². The third-order valence-electron chi connectivity index (χ3n) is 1.90. The van der Waals surface area contributed by atoms with Gasteiger partial charge in [0.2, 0.25) is 15.8 Å². The maximum atomic E-state index is 10.9. The Bertz CT molecular complexity index is 578. The molecule has 7 nitrogen and oxygen atoms in total. The minimum atomic E-state index is -3.53. The van der Waals surface area contributed by atoms with E-state index >= 15 is 0 Å². The maximum Gasteiger partial charge on any atom is 0.213 e. The van der Waals surface area contributed by atoms with E-state index in [-0.39, 0.29) is 5.75 Å². The number of rotatable bonds is 3. The Morgan fingerprint density at radius 3 is 2.81 bits per heavy atom. The van der Waals surface area contributed by atoms with Crippen molar-refractivity contribution in [2.75, 3.05) is 0 Å². The summed E-state index contributed by atoms with van der Waals surface area (Å²) in [5.41, 5.74) is 1.28. The Morgan fingerprint density at radius 2 is 2.19 bits per heavy atom. The normalized spacial score (nSPS) is 11.6. The first-order valence-corrected chi connectivity index (χ1v) is 6.09. The highest BCUT2D eigenvalue weighted by Crippen LogP contribution is 2.15. The van der Waals surface area contributed by atoms with Gasteiger partial charge in [-0.25, -0.2) is 13.6 Å². The van der Waals surface area contributed by atoms with Crippen LogP contribution in [0.2, 0.25) is 0 Å². The summed E-state index contributed by atoms with van der Waals surface area (Å²) in [6.07, 6.45) is 0. The minimum absolute atomic E-state index is 0.210. The van der Waals surface area contributed by atoms with Crippen LogP contribution in [0.15, 0.2) is 24.3 Å². The molecule has 0 unspecified atom stereocenters. The number of hydrogen-bond acceptors (Lipinski definition) is 5. The summed E-state index contributed by atoms with van der Waals surface area (Å²) >= 11 is 0. The van der Waals surface area contributed by atoms with Gasteiger partial charge in [0, 0.05) is 5.56 Å². The van der Waals surface area contributed by atoms with E-state index in [0.717, 1.165) is 0 Å². The molecule has 84 valence electrons. The lowest BCUT2D eigenvalue weighted by Crippen LogP contribution is -2.14. The van der Waals surface area contributed by atoms with Gasteiger partial charge in [-0.15, -0.1) is 10.2 Å². The molecule has 0 aliphatic carbocycles. The van der Waals surface area contributed by atoms with Crippen LogP contribution in [0.3, 0.4) is 0 Å². The molecule has 0 aliphatic heterocycles. The van der Waals surface area contributed by atoms with E-state index in [1.807, 2.05) is 0 Å². The summed E-state index contributed by atoms with van der Waals surface area (Å²) in [7, 11) is -3.53. The number of hydrogen-bond donors (Lipinski definition) is 2. The van der Waals surface area contributed by atoms with E-state index < -0.39 is 10.0 Å². The summed E-state index contributed by atoms with van der Waals surface area (Å²) in [4.78, 5) is 0. The summed E-state index contributed by atoms with van der Waals surface area (Å²) in [5, 5.41) is 18.3. The predicted octanol–water partition coefficient (Wildman–Crippen LogP) is -0.345. The Kier molecular flexibility index (Phi) is 2.67. The van der Waals surface area contributed by atoms with Crippen molar-refractivity contribution >= 4 is 10.0 Å². The van der Waals surface area contributed by atoms with Crippen LogP contribution < -0.4 is 5.14 Å². The molecule has 0 amide bonds. The molecule has 16 heavy (non-hydrogen) atoms. The number of benzene rings is 1. The first-order chi connectivity index (χ1) is 7.54. The highest BCUT2D eigenvalue weighted by molar-refractivity contribution is 7.88. The van der Waals surface area contributed by atoms with Gasteiger partial charge in [-0.1, -0.05) is 18.2 Å². The molecule has 2 rings (SSSR count). The molecule has 0 atom stereocenters. The van der Waals surface area contributed by atoms with Crippen molar-refractivity contribution in [1.29, 1.82) is 0 Å². The predicted molar refractivity (Wildman–Crippen MR) is 56.4 cm³/mol. The van der Waals surface area contributed by atoms with Crippen LogP contribution in [-0.4, -0.2) is 29.0 Å². The third kappa shape index (κ3) is 2.61. The molecular weight excluding hydrogens is 230 g/mol. The summed E-state index contributed by atoms with van der Waals surface area (Å²) in [5.74, 6) is 0.204. The maximum absolute atomic E-state index is 10.9. The molecule has 0 saturated carbocycles. The van der Waals surface area contributed by atoms with Crippen molar-refractivity contribution in [3.8, 4) is 11.4 Å². The van der Waals surface area contributed by atoms with Crippen molar-refractivity contribution < 1.29 is 8.42 Å². The fourth-order valence-electron chi connectivity index (χ4n) is 1.32. The smallest absolute Gasteiger partial charge is 0.213 e. The van der Waals surface area contributed by atoms with Crippen LogP contribution >= 0.6 is 0 Å². The number of primary sulfonamides is 1. The topological polar surface area (TPSA) is 115 Å². The van der Waals surface area contributed by atoms with Gasteiger partial charge in [0.25, 0.3) is 0 Å². The molecule has 3 N–H and O–H groups in total. The monoisotopic (exact) mass is 239 g/mol. The lowest BCUT2D eigenvalue weighted by atomic mass is 10.1. The first-order valence-electron chi connectivity index (χ1n) is 4.38. The number of aromatic amines is 1. The standard InChI is InChI=1S/C8H9N5O2S/c9-16(14,15)5-6-2-1-3-7(4-6)8-10-12-13-11-8/h1-4H,5H2,(H2,9,14,15)(H,10,11,12,13). The second kappa shape index (κ2) is 3.99. The zero-order valence-electron chi connectivity index (χ0n) is 8.16. The van der Waals surface area contributed by atoms with Crippen LogP contribution in [0.1, 0.15) is 5.56 Å². The van der Waals surface area contributed by atoms with Crippen LogP contribution in [0, 0.1) is 0 Å². The second-order valence-electron chi connectivity index (χ2n) is 3.24. The number of nitrogens with zero attached hydrogens (tertiary/aromatic N) is 3. The van der Waals surface area contributed by atoms with Gasteiger partial charge in [-0.05, 0) is 16.8 Å². The molecule has 0 saturated heterocycles. The Morgan fingerprint density at radius 1 is 1.38 bits per heavy atom. The van der Waals surface area contributed by atoms with Gasteiger partial charge < -0.3 is 0 Å². The molecule has 8 heteroatoms. The first kappa shape index (κ1) is 10.7. The average molecular weight is 239 g/mol. The fraction of sp³-hybridized carbons (Fsp3) is 0.125. The second-order valence-corrected chi connectivity index (χ2v) is 4.86. The van der Waals surface area contributed by atoms with Gasteiger partial charge in [0.05, 0.1) is 5.75 Å². The number of nitrogens with two attached hydrogens (primary N) is 1. The SMILES string of the molecule is NS(=O)(=O)Cc1cccc(-c2nn[nH]n2)c1. The zero-order chi connectivity index (χ0) is 11.6. The summed E-state index contributed by atoms with van der Waals surface area (Å²) in [6, 6.07) is 6.81. The number of sulfonamides is 1. The van der Waals surface area contributed by atoms with Crippen molar-refractivity contribution in [3.05, 3.63) is 29.8 Å². The van der Waals surface area contributed by atoms with Crippen LogP contribution in [0.25, 0.3) is 11.4 Å². The van der Waals surface area contributed by atoms with Crippen LogP contribution in [-0.2, 0) is 15.8 Å². The minimum Gasteiger partial charge on any atom is -0.228 e. The molecule has 0 spiro atoms. The number of aromatic nitrogens is 4. The van der Waals surface area contributed by atoms with E-state index in [4.69, 9.17) is 5.14 Å². The number of tetrazole rings is 1. The zero-order valence-corrected chi connectivity index (χ0v) is 8.98. The largest absolute Gasteiger partial charge is 0.228 e. The Balaban J connectivity index is 2.34. The van der Waals surface area contributed by atoms with E-state index in [9.17, 15) is 8.42 Å². The number of H-pyrrole nitrogens is 1. The molecule has 1 aromatic carbocycles. The van der Waals surface area contributed by atoms with Gasteiger partial charge in [-0.2, -0.15) is 5.21 Å². The highest BCUT2D eigenvalue weighted by atomic mass is 32.2. The van der Waals surface area contributed by atoms with Crippen LogP contribution in [0.4, 0.5) is 0 Å². The third-order valence-corrected chi connectivity index (χ3v) is 2.63. The fourth-order valence-corrected chi connectivity index (χ4v) is 1.96. The van der Waals surface area contributed by atoms with Crippen molar-refractivity contribution in [1.82, 2.24) is 20.6 Å². The van der Waals surface area contributed by atoms with E-state index in [1.54, 1.807) is 24.3 Å². The number of nitrogens with one attached hydrogen (secondary N) is 1. The molecule has 1 aromatic heterocycles. The lowest BCUT2D eigenvalue weighted by molar-refractivity contribution is 0.597. The Labute approximate surface area is 91.7 Å². The van der Waals surface area contributed by atoms with Crippen molar-refractivity contribution in [2.24, 2.45) is 5.14 Å². The molecule has 0 bridgehead atoms. The molecular formula is C8H9N5O2S. The molecule has 0 fully saturated rings. The van der Waals surface area contributed by atoms with Gasteiger partial charge >= 0.3 is 0 Å². The summed E-state index contributed by atoms with van der Waals surface area (Å²) < 4.78 is 21.9. The highest BCUT2D eigenvalue weighted by Gasteiger charge is 2.08. The average Bonchev–Trinajstić information content (AvgIpc) is 2.68. The van der Waals surface area contributed by atoms with Crippen molar-refractivity contribution in [2.45, 2.75) is 5.75 Å². The van der Waals surface area contributed by atoms with E-state index in [0.29, 0.717) is 17.0 Å². The lowest BCUT2D eigenvalue weighted by Gasteiger charge is -2.00. The van der Waals surface area contributed by atoms with Gasteiger partial charge in [0.1, 0.15) is 0 Å². The van der Waals surface area contributed by atoms with Crippen molar-refractivity contribution in [3.63, 3.8) is 0 Å². The molecule has 1 heterocycles.